The minimum Gasteiger partial charge on any atom is -0.312 e. The number of aromatic nitrogens is 2. The van der Waals surface area contributed by atoms with E-state index in [1.807, 2.05) is 23.9 Å². The smallest absolute Gasteiger partial charge is 0.312 e. The summed E-state index contributed by atoms with van der Waals surface area (Å²) in [6.45, 7) is 1.91. The van der Waals surface area contributed by atoms with Gasteiger partial charge in [0.05, 0.1) is 11.0 Å². The minimum atomic E-state index is -0.143. The Balaban J connectivity index is 1.57. The van der Waals surface area contributed by atoms with Crippen molar-refractivity contribution in [2.45, 2.75) is 11.8 Å². The van der Waals surface area contributed by atoms with Crippen LogP contribution in [-0.2, 0) is 6.54 Å². The predicted octanol–water partition coefficient (Wildman–Crippen LogP) is 1.79. The first-order valence-corrected chi connectivity index (χ1v) is 8.62. The second-order valence-electron chi connectivity index (χ2n) is 4.66. The lowest BCUT2D eigenvalue weighted by Gasteiger charge is -2.21. The molecular weight excluding hydrogens is 278 g/mol. The monoisotopic (exact) mass is 295 g/mol. The van der Waals surface area contributed by atoms with Gasteiger partial charge in [-0.15, -0.1) is 0 Å². The number of benzene rings is 1. The SMILES string of the molecule is O=c1[nH]c2ccc(CNCC3CSCCS3)cc2[nH]1. The molecule has 1 saturated heterocycles. The summed E-state index contributed by atoms with van der Waals surface area (Å²) in [6.07, 6.45) is 0. The summed E-state index contributed by atoms with van der Waals surface area (Å²) in [5.74, 6) is 3.81. The van der Waals surface area contributed by atoms with Crippen LogP contribution in [0.2, 0.25) is 0 Å². The van der Waals surface area contributed by atoms with Gasteiger partial charge in [0.15, 0.2) is 0 Å². The van der Waals surface area contributed by atoms with Gasteiger partial charge in [0.1, 0.15) is 0 Å². The van der Waals surface area contributed by atoms with Gasteiger partial charge < -0.3 is 15.3 Å². The maximum atomic E-state index is 11.2. The third-order valence-corrected chi connectivity index (χ3v) is 6.01. The molecule has 6 heteroatoms. The highest BCUT2D eigenvalue weighted by atomic mass is 32.2. The lowest BCUT2D eigenvalue weighted by atomic mass is 10.2. The minimum absolute atomic E-state index is 0.143. The number of imidazole rings is 1. The summed E-state index contributed by atoms with van der Waals surface area (Å²) in [4.78, 5) is 16.7. The van der Waals surface area contributed by atoms with E-state index in [2.05, 4.69) is 33.1 Å². The first kappa shape index (κ1) is 13.1. The van der Waals surface area contributed by atoms with Crippen molar-refractivity contribution >= 4 is 34.6 Å². The Hall–Kier alpha value is -0.850. The Morgan fingerprint density at radius 3 is 3.00 bits per heavy atom. The Bertz CT molecular complexity index is 601. The number of H-pyrrole nitrogens is 2. The topological polar surface area (TPSA) is 60.7 Å². The zero-order chi connectivity index (χ0) is 13.1. The number of fused-ring (bicyclic) bond motifs is 1. The van der Waals surface area contributed by atoms with Gasteiger partial charge in [-0.25, -0.2) is 4.79 Å². The van der Waals surface area contributed by atoms with E-state index in [-0.39, 0.29) is 5.69 Å². The molecule has 3 rings (SSSR count). The highest BCUT2D eigenvalue weighted by Gasteiger charge is 2.13. The maximum Gasteiger partial charge on any atom is 0.323 e. The fourth-order valence-electron chi connectivity index (χ4n) is 2.22. The summed E-state index contributed by atoms with van der Waals surface area (Å²) in [7, 11) is 0. The molecule has 0 spiro atoms. The molecule has 0 saturated carbocycles. The van der Waals surface area contributed by atoms with E-state index in [1.54, 1.807) is 0 Å². The molecule has 1 unspecified atom stereocenters. The first-order chi connectivity index (χ1) is 9.31. The van der Waals surface area contributed by atoms with Gasteiger partial charge in [0.25, 0.3) is 0 Å². The Labute approximate surface area is 120 Å². The molecule has 19 heavy (non-hydrogen) atoms. The molecular formula is C13H17N3OS2. The molecule has 0 bridgehead atoms. The van der Waals surface area contributed by atoms with Crippen molar-refractivity contribution in [1.29, 1.82) is 0 Å². The van der Waals surface area contributed by atoms with E-state index in [9.17, 15) is 4.79 Å². The third-order valence-electron chi connectivity index (χ3n) is 3.17. The Morgan fingerprint density at radius 1 is 1.26 bits per heavy atom. The van der Waals surface area contributed by atoms with Gasteiger partial charge in [-0.3, -0.25) is 0 Å². The quantitative estimate of drug-likeness (QED) is 0.805. The molecule has 1 aliphatic rings. The van der Waals surface area contributed by atoms with Gasteiger partial charge in [0, 0.05) is 35.6 Å². The molecule has 0 amide bonds. The largest absolute Gasteiger partial charge is 0.323 e. The number of hydrogen-bond acceptors (Lipinski definition) is 4. The fourth-order valence-corrected chi connectivity index (χ4v) is 4.87. The van der Waals surface area contributed by atoms with Gasteiger partial charge >= 0.3 is 5.69 Å². The molecule has 4 nitrogen and oxygen atoms in total. The van der Waals surface area contributed by atoms with E-state index in [1.165, 1.54) is 22.8 Å². The molecule has 1 aliphatic heterocycles. The van der Waals surface area contributed by atoms with Crippen molar-refractivity contribution in [2.75, 3.05) is 23.8 Å². The summed E-state index contributed by atoms with van der Waals surface area (Å²) in [6, 6.07) is 6.04. The molecule has 0 radical (unpaired) electrons. The van der Waals surface area contributed by atoms with Crippen molar-refractivity contribution in [3.8, 4) is 0 Å². The number of nitrogens with one attached hydrogen (secondary N) is 3. The number of rotatable bonds is 4. The summed E-state index contributed by atoms with van der Waals surface area (Å²) < 4.78 is 0. The standard InChI is InChI=1S/C13H17N3OS2/c17-13-15-11-2-1-9(5-12(11)16-13)6-14-7-10-8-18-3-4-19-10/h1-2,5,10,14H,3-4,6-8H2,(H2,15,16,17). The number of aromatic amines is 2. The second-order valence-corrected chi connectivity index (χ2v) is 7.22. The third kappa shape index (κ3) is 3.38. The van der Waals surface area contributed by atoms with Gasteiger partial charge in [-0.05, 0) is 17.7 Å². The zero-order valence-electron chi connectivity index (χ0n) is 10.6. The highest BCUT2D eigenvalue weighted by molar-refractivity contribution is 8.06. The van der Waals surface area contributed by atoms with E-state index >= 15 is 0 Å². The average Bonchev–Trinajstić information content (AvgIpc) is 2.79. The van der Waals surface area contributed by atoms with E-state index < -0.39 is 0 Å². The van der Waals surface area contributed by atoms with E-state index in [4.69, 9.17) is 0 Å². The molecule has 2 aromatic rings. The van der Waals surface area contributed by atoms with Gasteiger partial charge in [-0.2, -0.15) is 23.5 Å². The molecule has 0 aliphatic carbocycles. The van der Waals surface area contributed by atoms with Crippen molar-refractivity contribution < 1.29 is 0 Å². The maximum absolute atomic E-state index is 11.2. The van der Waals surface area contributed by atoms with Crippen molar-refractivity contribution in [3.63, 3.8) is 0 Å². The predicted molar refractivity (Wildman–Crippen MR) is 84.2 cm³/mol. The molecule has 1 aromatic heterocycles. The first-order valence-electron chi connectivity index (χ1n) is 6.42. The van der Waals surface area contributed by atoms with Crippen LogP contribution in [0.25, 0.3) is 11.0 Å². The Kier molecular flexibility index (Phi) is 4.20. The average molecular weight is 295 g/mol. The van der Waals surface area contributed by atoms with Crippen molar-refractivity contribution in [1.82, 2.24) is 15.3 Å². The van der Waals surface area contributed by atoms with Crippen LogP contribution in [0.1, 0.15) is 5.56 Å². The molecule has 1 atom stereocenters. The molecule has 2 heterocycles. The van der Waals surface area contributed by atoms with Crippen molar-refractivity contribution in [2.24, 2.45) is 0 Å². The van der Waals surface area contributed by atoms with E-state index in [0.717, 1.165) is 29.4 Å². The van der Waals surface area contributed by atoms with Crippen LogP contribution in [0, 0.1) is 0 Å². The van der Waals surface area contributed by atoms with Gasteiger partial charge in [0.2, 0.25) is 0 Å². The van der Waals surface area contributed by atoms with Gasteiger partial charge in [-0.1, -0.05) is 6.07 Å². The summed E-state index contributed by atoms with van der Waals surface area (Å²) in [5, 5.41) is 4.24. The highest BCUT2D eigenvalue weighted by Crippen LogP contribution is 2.23. The van der Waals surface area contributed by atoms with Crippen LogP contribution in [0.15, 0.2) is 23.0 Å². The van der Waals surface area contributed by atoms with Crippen LogP contribution < -0.4 is 11.0 Å². The van der Waals surface area contributed by atoms with E-state index in [0.29, 0.717) is 0 Å². The molecule has 1 aromatic carbocycles. The van der Waals surface area contributed by atoms with Crippen LogP contribution in [-0.4, -0.2) is 39.0 Å². The molecule has 1 fully saturated rings. The fraction of sp³-hybridized carbons (Fsp3) is 0.462. The summed E-state index contributed by atoms with van der Waals surface area (Å²) in [5.41, 5.74) is 2.81. The van der Waals surface area contributed by atoms with Crippen molar-refractivity contribution in [3.05, 3.63) is 34.2 Å². The normalized spacial score (nSPS) is 19.9. The summed E-state index contributed by atoms with van der Waals surface area (Å²) >= 11 is 4.12. The van der Waals surface area contributed by atoms with Crippen LogP contribution in [0.3, 0.4) is 0 Å². The molecule has 3 N–H and O–H groups in total. The lowest BCUT2D eigenvalue weighted by Crippen LogP contribution is -2.28. The number of hydrogen-bond donors (Lipinski definition) is 3. The second kappa shape index (κ2) is 6.07. The van der Waals surface area contributed by atoms with Crippen LogP contribution >= 0.6 is 23.5 Å². The van der Waals surface area contributed by atoms with Crippen LogP contribution in [0.5, 0.6) is 0 Å². The van der Waals surface area contributed by atoms with Crippen LogP contribution in [0.4, 0.5) is 0 Å². The lowest BCUT2D eigenvalue weighted by molar-refractivity contribution is 0.686. The zero-order valence-corrected chi connectivity index (χ0v) is 12.2. The Morgan fingerprint density at radius 2 is 2.16 bits per heavy atom. The number of thioether (sulfide) groups is 2. The molecule has 102 valence electrons.